The predicted molar refractivity (Wildman–Crippen MR) is 215 cm³/mol. The van der Waals surface area contributed by atoms with Crippen molar-refractivity contribution in [3.05, 3.63) is 163 Å². The van der Waals surface area contributed by atoms with Crippen LogP contribution in [0.2, 0.25) is 0 Å². The fraction of sp³-hybridized carbons (Fsp3) is 0.0435. The highest BCUT2D eigenvalue weighted by Gasteiger charge is 2.18. The lowest BCUT2D eigenvalue weighted by Gasteiger charge is -2.18. The normalized spacial score (nSPS) is 14.7. The van der Waals surface area contributed by atoms with Gasteiger partial charge >= 0.3 is 0 Å². The Labute approximate surface area is 286 Å². The number of hydrogen-bond acceptors (Lipinski definition) is 2. The molecule has 0 unspecified atom stereocenters. The van der Waals surface area contributed by atoms with Gasteiger partial charge in [0.15, 0.2) is 0 Å². The summed E-state index contributed by atoms with van der Waals surface area (Å²) in [7, 11) is 0. The summed E-state index contributed by atoms with van der Waals surface area (Å²) in [6.07, 6.45) is 14.2. The molecule has 0 radical (unpaired) electrons. The Morgan fingerprint density at radius 3 is 2.00 bits per heavy atom. The van der Waals surface area contributed by atoms with Crippen LogP contribution < -0.4 is 0 Å². The third kappa shape index (κ3) is 4.27. The molecule has 0 spiro atoms. The first kappa shape index (κ1) is 27.8. The van der Waals surface area contributed by atoms with Crippen molar-refractivity contribution in [2.45, 2.75) is 13.3 Å². The molecule has 2 heterocycles. The molecule has 2 heteroatoms. The molecule has 0 bridgehead atoms. The smallest absolute Gasteiger partial charge is 0.0361 e. The van der Waals surface area contributed by atoms with Gasteiger partial charge in [-0.1, -0.05) is 115 Å². The maximum absolute atomic E-state index is 2.47. The Bertz CT molecular complexity index is 2860. The van der Waals surface area contributed by atoms with Gasteiger partial charge in [-0.25, -0.2) is 0 Å². The molecule has 0 nitrogen and oxygen atoms in total. The topological polar surface area (TPSA) is 0 Å². The van der Waals surface area contributed by atoms with Gasteiger partial charge in [0.2, 0.25) is 0 Å². The minimum absolute atomic E-state index is 0.977. The van der Waals surface area contributed by atoms with Crippen LogP contribution in [0.4, 0.5) is 0 Å². The van der Waals surface area contributed by atoms with Gasteiger partial charge in [-0.2, -0.15) is 0 Å². The summed E-state index contributed by atoms with van der Waals surface area (Å²) in [4.78, 5) is 0. The number of fused-ring (bicyclic) bond motifs is 10. The quantitative estimate of drug-likeness (QED) is 0.168. The molecule has 0 aliphatic heterocycles. The molecule has 0 saturated heterocycles. The zero-order valence-electron chi connectivity index (χ0n) is 26.5. The number of thiophene rings is 2. The highest BCUT2D eigenvalue weighted by molar-refractivity contribution is 7.26. The largest absolute Gasteiger partial charge is 0.135 e. The summed E-state index contributed by atoms with van der Waals surface area (Å²) in [5, 5.41) is 13.3. The van der Waals surface area contributed by atoms with Crippen LogP contribution in [0.15, 0.2) is 157 Å². The summed E-state index contributed by atoms with van der Waals surface area (Å²) >= 11 is 3.80. The molecular weight excluding hydrogens is 617 g/mol. The number of rotatable bonds is 3. The van der Waals surface area contributed by atoms with Gasteiger partial charge in [0, 0.05) is 40.3 Å². The first-order valence-electron chi connectivity index (χ1n) is 16.6. The summed E-state index contributed by atoms with van der Waals surface area (Å²) < 4.78 is 5.38. The molecule has 0 N–H and O–H groups in total. The molecule has 7 aromatic carbocycles. The molecule has 0 atom stereocenters. The van der Waals surface area contributed by atoms with Gasteiger partial charge in [-0.15, -0.1) is 22.7 Å². The Hall–Kier alpha value is -5.28. The monoisotopic (exact) mass is 646 g/mol. The average Bonchev–Trinajstić information content (AvgIpc) is 3.70. The fourth-order valence-electron chi connectivity index (χ4n) is 7.81. The van der Waals surface area contributed by atoms with Crippen LogP contribution in [0, 0.1) is 0 Å². The van der Waals surface area contributed by atoms with E-state index in [2.05, 4.69) is 159 Å². The molecule has 0 fully saturated rings. The second kappa shape index (κ2) is 10.9. The molecule has 226 valence electrons. The SMILES string of the molecule is C/C(=C\C=C1\C=CC=CC1)c1c2ccccc2c(-c2ccc3sc4cc5ccc6sc7ccccc7c6c5cc4c3c2)c2ccccc12. The highest BCUT2D eigenvalue weighted by Crippen LogP contribution is 2.46. The lowest BCUT2D eigenvalue weighted by Crippen LogP contribution is -1.92. The Morgan fingerprint density at radius 2 is 1.23 bits per heavy atom. The zero-order chi connectivity index (χ0) is 31.8. The molecule has 2 aromatic heterocycles. The average molecular weight is 647 g/mol. The Morgan fingerprint density at radius 1 is 0.562 bits per heavy atom. The summed E-state index contributed by atoms with van der Waals surface area (Å²) in [6.45, 7) is 2.26. The molecule has 1 aliphatic carbocycles. The second-order valence-corrected chi connectivity index (χ2v) is 15.0. The minimum Gasteiger partial charge on any atom is -0.135 e. The number of benzene rings is 7. The molecular formula is C46H30S2. The van der Waals surface area contributed by atoms with Gasteiger partial charge in [0.1, 0.15) is 0 Å². The molecule has 10 rings (SSSR count). The van der Waals surface area contributed by atoms with Crippen molar-refractivity contribution in [1.29, 1.82) is 0 Å². The van der Waals surface area contributed by atoms with Crippen molar-refractivity contribution in [2.24, 2.45) is 0 Å². The lowest BCUT2D eigenvalue weighted by atomic mass is 9.85. The van der Waals surface area contributed by atoms with Crippen LogP contribution in [0.5, 0.6) is 0 Å². The van der Waals surface area contributed by atoms with Crippen LogP contribution in [0.25, 0.3) is 89.4 Å². The third-order valence-electron chi connectivity index (χ3n) is 10.0. The van der Waals surface area contributed by atoms with Gasteiger partial charge < -0.3 is 0 Å². The van der Waals surface area contributed by atoms with Gasteiger partial charge in [0.25, 0.3) is 0 Å². The van der Waals surface area contributed by atoms with Crippen molar-refractivity contribution in [1.82, 2.24) is 0 Å². The van der Waals surface area contributed by atoms with Crippen molar-refractivity contribution in [3.63, 3.8) is 0 Å². The van der Waals surface area contributed by atoms with Gasteiger partial charge in [0.05, 0.1) is 0 Å². The van der Waals surface area contributed by atoms with Gasteiger partial charge in [-0.3, -0.25) is 0 Å². The van der Waals surface area contributed by atoms with E-state index < -0.39 is 0 Å². The van der Waals surface area contributed by atoms with Crippen LogP contribution >= 0.6 is 22.7 Å². The zero-order valence-corrected chi connectivity index (χ0v) is 28.1. The Balaban J connectivity index is 1.22. The van der Waals surface area contributed by atoms with E-state index in [0.717, 1.165) is 6.42 Å². The van der Waals surface area contributed by atoms with Crippen molar-refractivity contribution in [3.8, 4) is 11.1 Å². The minimum atomic E-state index is 0.977. The highest BCUT2D eigenvalue weighted by atomic mass is 32.1. The van der Waals surface area contributed by atoms with Crippen LogP contribution in [0.3, 0.4) is 0 Å². The van der Waals surface area contributed by atoms with Crippen LogP contribution in [-0.2, 0) is 0 Å². The van der Waals surface area contributed by atoms with E-state index in [-0.39, 0.29) is 0 Å². The maximum atomic E-state index is 2.47. The lowest BCUT2D eigenvalue weighted by molar-refractivity contribution is 1.26. The third-order valence-corrected chi connectivity index (χ3v) is 12.3. The fourth-order valence-corrected chi connectivity index (χ4v) is 10.0. The van der Waals surface area contributed by atoms with E-state index in [4.69, 9.17) is 0 Å². The molecule has 1 aliphatic rings. The van der Waals surface area contributed by atoms with E-state index >= 15 is 0 Å². The molecule has 0 amide bonds. The summed E-state index contributed by atoms with van der Waals surface area (Å²) in [5.74, 6) is 0. The molecule has 9 aromatic rings. The molecule has 48 heavy (non-hydrogen) atoms. The van der Waals surface area contributed by atoms with Crippen molar-refractivity contribution in [2.75, 3.05) is 0 Å². The standard InChI is InChI=1S/C46H30S2/c1-28(19-20-29-11-3-2-4-12-29)44-32-13-5-7-15-34(32)45(35-16-8-6-14-33(35)44)31-22-23-41-38(25-31)39-27-37-30(26-43(39)48-41)21-24-42-46(37)36-17-9-10-18-40(36)47-42/h2-11,13-27H,12H2,1H3/b28-19+,29-20-. The van der Waals surface area contributed by atoms with E-state index in [0.29, 0.717) is 0 Å². The number of hydrogen-bond donors (Lipinski definition) is 0. The molecule has 0 saturated carbocycles. The van der Waals surface area contributed by atoms with E-state index in [1.165, 1.54) is 100 Å². The number of allylic oxidation sites excluding steroid dienone is 8. The van der Waals surface area contributed by atoms with Crippen LogP contribution in [-0.4, -0.2) is 0 Å². The summed E-state index contributed by atoms with van der Waals surface area (Å²) in [6, 6.07) is 43.4. The Kier molecular flexibility index (Phi) is 6.30. The van der Waals surface area contributed by atoms with Crippen LogP contribution in [0.1, 0.15) is 18.9 Å². The van der Waals surface area contributed by atoms with E-state index in [1.54, 1.807) is 0 Å². The summed E-state index contributed by atoms with van der Waals surface area (Å²) in [5.41, 5.74) is 6.51. The first-order chi connectivity index (χ1) is 23.7. The predicted octanol–water partition coefficient (Wildman–Crippen LogP) is 14.4. The van der Waals surface area contributed by atoms with Gasteiger partial charge in [-0.05, 0) is 110 Å². The first-order valence-corrected chi connectivity index (χ1v) is 18.2. The van der Waals surface area contributed by atoms with Crippen molar-refractivity contribution >= 4 is 101 Å². The van der Waals surface area contributed by atoms with E-state index in [9.17, 15) is 0 Å². The maximum Gasteiger partial charge on any atom is 0.0361 e. The van der Waals surface area contributed by atoms with E-state index in [1.807, 2.05) is 22.7 Å². The second-order valence-electron chi connectivity index (χ2n) is 12.8. The van der Waals surface area contributed by atoms with Crippen molar-refractivity contribution < 1.29 is 0 Å².